The van der Waals surface area contributed by atoms with Crippen molar-refractivity contribution in [2.45, 2.75) is 19.4 Å². The molecule has 0 unspecified atom stereocenters. The van der Waals surface area contributed by atoms with E-state index in [0.717, 1.165) is 13.1 Å². The second kappa shape index (κ2) is 5.07. The Kier molecular flexibility index (Phi) is 3.51. The Labute approximate surface area is 94.2 Å². The second-order valence-corrected chi connectivity index (χ2v) is 3.91. The lowest BCUT2D eigenvalue weighted by Crippen LogP contribution is -2.24. The first kappa shape index (κ1) is 11.1. The van der Waals surface area contributed by atoms with Crippen LogP contribution >= 0.6 is 0 Å². The highest BCUT2D eigenvalue weighted by Gasteiger charge is 2.13. The van der Waals surface area contributed by atoms with Gasteiger partial charge in [0.15, 0.2) is 5.69 Å². The zero-order chi connectivity index (χ0) is 11.4. The van der Waals surface area contributed by atoms with Crippen molar-refractivity contribution >= 4 is 5.97 Å². The van der Waals surface area contributed by atoms with Gasteiger partial charge in [0.2, 0.25) is 0 Å². The smallest absolute Gasteiger partial charge is 0.360 e. The number of ether oxygens (including phenoxy) is 1. The summed E-state index contributed by atoms with van der Waals surface area (Å²) in [5, 5.41) is 7.64. The van der Waals surface area contributed by atoms with Gasteiger partial charge >= 0.3 is 5.97 Å². The summed E-state index contributed by atoms with van der Waals surface area (Å²) in [5.74, 6) is -0.438. The minimum absolute atomic E-state index is 0.268. The lowest BCUT2D eigenvalue weighted by Gasteiger charge is -2.13. The maximum Gasteiger partial charge on any atom is 0.360 e. The summed E-state index contributed by atoms with van der Waals surface area (Å²) in [7, 11) is 1.34. The van der Waals surface area contributed by atoms with Crippen LogP contribution in [0.4, 0.5) is 0 Å². The van der Waals surface area contributed by atoms with E-state index in [1.165, 1.54) is 33.0 Å². The largest absolute Gasteiger partial charge is 0.464 e. The number of rotatable bonds is 4. The van der Waals surface area contributed by atoms with Crippen molar-refractivity contribution in [2.24, 2.45) is 0 Å². The molecular formula is C10H16N4O2. The third-order valence-electron chi connectivity index (χ3n) is 2.78. The third-order valence-corrected chi connectivity index (χ3v) is 2.78. The van der Waals surface area contributed by atoms with E-state index >= 15 is 0 Å². The monoisotopic (exact) mass is 224 g/mol. The molecule has 1 aliphatic heterocycles. The van der Waals surface area contributed by atoms with Gasteiger partial charge in [-0.05, 0) is 25.9 Å². The fourth-order valence-corrected chi connectivity index (χ4v) is 1.86. The maximum atomic E-state index is 11.1. The van der Waals surface area contributed by atoms with Gasteiger partial charge in [0.25, 0.3) is 0 Å². The molecule has 0 spiro atoms. The molecule has 0 aromatic carbocycles. The van der Waals surface area contributed by atoms with Crippen LogP contribution in [0.25, 0.3) is 0 Å². The average Bonchev–Trinajstić information content (AvgIpc) is 2.96. The Balaban J connectivity index is 1.85. The summed E-state index contributed by atoms with van der Waals surface area (Å²) >= 11 is 0. The second-order valence-electron chi connectivity index (χ2n) is 3.91. The lowest BCUT2D eigenvalue weighted by atomic mass is 10.4. The van der Waals surface area contributed by atoms with Crippen molar-refractivity contribution in [3.63, 3.8) is 0 Å². The molecular weight excluding hydrogens is 208 g/mol. The minimum atomic E-state index is -0.438. The zero-order valence-electron chi connectivity index (χ0n) is 9.43. The molecule has 16 heavy (non-hydrogen) atoms. The molecule has 1 aromatic heterocycles. The number of aromatic nitrogens is 3. The summed E-state index contributed by atoms with van der Waals surface area (Å²) in [4.78, 5) is 13.5. The van der Waals surface area contributed by atoms with Crippen molar-refractivity contribution in [2.75, 3.05) is 26.7 Å². The number of hydrogen-bond acceptors (Lipinski definition) is 5. The Bertz CT molecular complexity index is 357. The summed E-state index contributed by atoms with van der Waals surface area (Å²) in [6.45, 7) is 4.06. The Morgan fingerprint density at radius 2 is 2.19 bits per heavy atom. The van der Waals surface area contributed by atoms with Crippen LogP contribution < -0.4 is 0 Å². The van der Waals surface area contributed by atoms with E-state index in [0.29, 0.717) is 0 Å². The van der Waals surface area contributed by atoms with Crippen molar-refractivity contribution < 1.29 is 9.53 Å². The van der Waals surface area contributed by atoms with Crippen molar-refractivity contribution in [1.29, 1.82) is 0 Å². The number of hydrogen-bond donors (Lipinski definition) is 0. The van der Waals surface area contributed by atoms with Gasteiger partial charge in [-0.1, -0.05) is 5.21 Å². The van der Waals surface area contributed by atoms with Gasteiger partial charge in [0.1, 0.15) is 0 Å². The number of carbonyl (C=O) groups is 1. The molecule has 2 rings (SSSR count). The fourth-order valence-electron chi connectivity index (χ4n) is 1.86. The van der Waals surface area contributed by atoms with Crippen LogP contribution in [0.5, 0.6) is 0 Å². The molecule has 0 aliphatic carbocycles. The van der Waals surface area contributed by atoms with E-state index in [4.69, 9.17) is 0 Å². The molecule has 1 fully saturated rings. The van der Waals surface area contributed by atoms with Crippen LogP contribution in [0.1, 0.15) is 23.3 Å². The quantitative estimate of drug-likeness (QED) is 0.682. The molecule has 0 saturated carbocycles. The Morgan fingerprint density at radius 3 is 2.88 bits per heavy atom. The van der Waals surface area contributed by atoms with Crippen LogP contribution in [0.2, 0.25) is 0 Å². The summed E-state index contributed by atoms with van der Waals surface area (Å²) < 4.78 is 6.25. The number of carbonyl (C=O) groups excluding carboxylic acids is 1. The first-order chi connectivity index (χ1) is 7.79. The summed E-state index contributed by atoms with van der Waals surface area (Å²) in [6, 6.07) is 0. The molecule has 88 valence electrons. The lowest BCUT2D eigenvalue weighted by molar-refractivity contribution is 0.0594. The highest BCUT2D eigenvalue weighted by molar-refractivity contribution is 5.86. The average molecular weight is 224 g/mol. The predicted octanol–water partition coefficient (Wildman–Crippen LogP) is 0.160. The molecule has 0 radical (unpaired) electrons. The third kappa shape index (κ3) is 2.57. The van der Waals surface area contributed by atoms with Gasteiger partial charge < -0.3 is 9.64 Å². The number of esters is 1. The summed E-state index contributed by atoms with van der Waals surface area (Å²) in [5.41, 5.74) is 0.268. The van der Waals surface area contributed by atoms with Crippen molar-refractivity contribution in [3.05, 3.63) is 11.9 Å². The van der Waals surface area contributed by atoms with Crippen LogP contribution in [-0.4, -0.2) is 52.6 Å². The van der Waals surface area contributed by atoms with Crippen LogP contribution in [0.15, 0.2) is 6.20 Å². The SMILES string of the molecule is COC(=O)c1cn(CCN2CCCC2)nn1. The fraction of sp³-hybridized carbons (Fsp3) is 0.700. The van der Waals surface area contributed by atoms with Gasteiger partial charge in [-0.15, -0.1) is 5.10 Å². The summed E-state index contributed by atoms with van der Waals surface area (Å²) in [6.07, 6.45) is 4.19. The molecule has 6 nitrogen and oxygen atoms in total. The van der Waals surface area contributed by atoms with E-state index in [1.807, 2.05) is 0 Å². The molecule has 0 amide bonds. The van der Waals surface area contributed by atoms with Gasteiger partial charge in [0, 0.05) is 6.54 Å². The van der Waals surface area contributed by atoms with Gasteiger partial charge in [-0.3, -0.25) is 4.68 Å². The first-order valence-electron chi connectivity index (χ1n) is 5.50. The molecule has 0 N–H and O–H groups in total. The normalized spacial score (nSPS) is 16.6. The van der Waals surface area contributed by atoms with E-state index < -0.39 is 5.97 Å². The minimum Gasteiger partial charge on any atom is -0.464 e. The topological polar surface area (TPSA) is 60.2 Å². The molecule has 1 aliphatic rings. The molecule has 6 heteroatoms. The van der Waals surface area contributed by atoms with Crippen LogP contribution in [0.3, 0.4) is 0 Å². The van der Waals surface area contributed by atoms with E-state index in [-0.39, 0.29) is 5.69 Å². The number of likely N-dealkylation sites (tertiary alicyclic amines) is 1. The van der Waals surface area contributed by atoms with Crippen LogP contribution in [0, 0.1) is 0 Å². The predicted molar refractivity (Wildman–Crippen MR) is 57.0 cm³/mol. The van der Waals surface area contributed by atoms with Crippen molar-refractivity contribution in [3.8, 4) is 0 Å². The van der Waals surface area contributed by atoms with E-state index in [1.54, 1.807) is 10.9 Å². The van der Waals surface area contributed by atoms with Gasteiger partial charge in [-0.2, -0.15) is 0 Å². The maximum absolute atomic E-state index is 11.1. The molecule has 2 heterocycles. The van der Waals surface area contributed by atoms with E-state index in [9.17, 15) is 4.79 Å². The highest BCUT2D eigenvalue weighted by atomic mass is 16.5. The standard InChI is InChI=1S/C10H16N4O2/c1-16-10(15)9-8-14(12-11-9)7-6-13-4-2-3-5-13/h8H,2-7H2,1H3. The van der Waals surface area contributed by atoms with E-state index in [2.05, 4.69) is 19.9 Å². The molecule has 0 atom stereocenters. The zero-order valence-corrected chi connectivity index (χ0v) is 9.43. The number of nitrogens with zero attached hydrogens (tertiary/aromatic N) is 4. The number of methoxy groups -OCH3 is 1. The van der Waals surface area contributed by atoms with Gasteiger partial charge in [0.05, 0.1) is 19.9 Å². The van der Waals surface area contributed by atoms with Crippen LogP contribution in [-0.2, 0) is 11.3 Å². The molecule has 1 saturated heterocycles. The van der Waals surface area contributed by atoms with Crippen molar-refractivity contribution in [1.82, 2.24) is 19.9 Å². The Hall–Kier alpha value is -1.43. The highest BCUT2D eigenvalue weighted by Crippen LogP contribution is 2.06. The Morgan fingerprint density at radius 1 is 1.44 bits per heavy atom. The van der Waals surface area contributed by atoms with Gasteiger partial charge in [-0.25, -0.2) is 4.79 Å². The molecule has 1 aromatic rings. The first-order valence-corrected chi connectivity index (χ1v) is 5.50. The molecule has 0 bridgehead atoms.